The van der Waals surface area contributed by atoms with Crippen molar-refractivity contribution in [3.05, 3.63) is 101 Å². The molecule has 0 saturated heterocycles. The van der Waals surface area contributed by atoms with Gasteiger partial charge in [0.15, 0.2) is 0 Å². The number of benzene rings is 4. The highest BCUT2D eigenvalue weighted by atomic mass is 79.9. The van der Waals surface area contributed by atoms with Crippen molar-refractivity contribution in [3.8, 4) is 0 Å². The van der Waals surface area contributed by atoms with Gasteiger partial charge in [-0.15, -0.1) is 0 Å². The SMILES string of the molecule is Cc1cc(N(c2ccccc2)c2cccc3ccccc23)ccc1Br. The molecule has 1 nitrogen and oxygen atoms in total. The van der Waals surface area contributed by atoms with Gasteiger partial charge >= 0.3 is 0 Å². The highest BCUT2D eigenvalue weighted by Crippen LogP contribution is 2.39. The first-order valence-corrected chi connectivity index (χ1v) is 9.12. The predicted octanol–water partition coefficient (Wildman–Crippen LogP) is 7.38. The molecule has 25 heavy (non-hydrogen) atoms. The van der Waals surface area contributed by atoms with Gasteiger partial charge in [0, 0.05) is 21.2 Å². The van der Waals surface area contributed by atoms with Gasteiger partial charge < -0.3 is 4.90 Å². The van der Waals surface area contributed by atoms with Crippen molar-refractivity contribution < 1.29 is 0 Å². The van der Waals surface area contributed by atoms with E-state index in [-0.39, 0.29) is 0 Å². The van der Waals surface area contributed by atoms with E-state index in [4.69, 9.17) is 0 Å². The van der Waals surface area contributed by atoms with Gasteiger partial charge in [-0.05, 0) is 54.3 Å². The second-order valence-electron chi connectivity index (χ2n) is 6.10. The number of hydrogen-bond donors (Lipinski definition) is 0. The summed E-state index contributed by atoms with van der Waals surface area (Å²) in [6, 6.07) is 32.0. The van der Waals surface area contributed by atoms with Crippen LogP contribution in [0.5, 0.6) is 0 Å². The third-order valence-electron chi connectivity index (χ3n) is 4.42. The average Bonchev–Trinajstić information content (AvgIpc) is 2.66. The standard InChI is InChI=1S/C23H18BrN/c1-17-16-20(14-15-22(17)24)25(19-10-3-2-4-11-19)23-13-7-9-18-8-5-6-12-21(18)23/h2-16H,1H3. The van der Waals surface area contributed by atoms with Crippen LogP contribution < -0.4 is 4.90 Å². The Morgan fingerprint density at radius 1 is 0.680 bits per heavy atom. The minimum absolute atomic E-state index is 1.13. The Bertz CT molecular complexity index is 1020. The van der Waals surface area contributed by atoms with Crippen LogP contribution in [0.3, 0.4) is 0 Å². The van der Waals surface area contributed by atoms with Crippen LogP contribution >= 0.6 is 15.9 Å². The van der Waals surface area contributed by atoms with E-state index < -0.39 is 0 Å². The van der Waals surface area contributed by atoms with Crippen LogP contribution in [0.4, 0.5) is 17.1 Å². The monoisotopic (exact) mass is 387 g/mol. The maximum atomic E-state index is 3.61. The Labute approximate surface area is 156 Å². The molecular formula is C23H18BrN. The van der Waals surface area contributed by atoms with Gasteiger partial charge in [-0.2, -0.15) is 0 Å². The highest BCUT2D eigenvalue weighted by molar-refractivity contribution is 9.10. The van der Waals surface area contributed by atoms with E-state index in [0.29, 0.717) is 0 Å². The fraction of sp³-hybridized carbons (Fsp3) is 0.0435. The number of anilines is 3. The zero-order valence-electron chi connectivity index (χ0n) is 14.0. The van der Waals surface area contributed by atoms with E-state index in [1.807, 2.05) is 0 Å². The molecule has 2 heteroatoms. The molecule has 0 aliphatic heterocycles. The molecule has 122 valence electrons. The molecule has 0 spiro atoms. The summed E-state index contributed by atoms with van der Waals surface area (Å²) in [6.45, 7) is 2.12. The number of hydrogen-bond acceptors (Lipinski definition) is 1. The smallest absolute Gasteiger partial charge is 0.0540 e. The molecule has 0 aliphatic carbocycles. The van der Waals surface area contributed by atoms with Crippen molar-refractivity contribution in [3.63, 3.8) is 0 Å². The number of halogens is 1. The van der Waals surface area contributed by atoms with Crippen molar-refractivity contribution >= 4 is 43.8 Å². The lowest BCUT2D eigenvalue weighted by molar-refractivity contribution is 1.28. The van der Waals surface area contributed by atoms with E-state index >= 15 is 0 Å². The Morgan fingerprint density at radius 3 is 2.20 bits per heavy atom. The molecule has 0 amide bonds. The van der Waals surface area contributed by atoms with E-state index in [1.165, 1.54) is 22.0 Å². The molecule has 0 fully saturated rings. The van der Waals surface area contributed by atoms with Gasteiger partial charge in [0.2, 0.25) is 0 Å². The topological polar surface area (TPSA) is 3.24 Å². The summed E-state index contributed by atoms with van der Waals surface area (Å²) in [7, 11) is 0. The average molecular weight is 388 g/mol. The predicted molar refractivity (Wildman–Crippen MR) is 111 cm³/mol. The lowest BCUT2D eigenvalue weighted by Crippen LogP contribution is -2.10. The number of fused-ring (bicyclic) bond motifs is 1. The molecular weight excluding hydrogens is 370 g/mol. The van der Waals surface area contributed by atoms with Crippen LogP contribution in [0.15, 0.2) is 95.5 Å². The third-order valence-corrected chi connectivity index (χ3v) is 5.31. The molecule has 0 saturated carbocycles. The Hall–Kier alpha value is -2.58. The van der Waals surface area contributed by atoms with Gasteiger partial charge in [-0.3, -0.25) is 0 Å². The molecule has 0 bridgehead atoms. The van der Waals surface area contributed by atoms with Gasteiger partial charge in [0.25, 0.3) is 0 Å². The Morgan fingerprint density at radius 2 is 1.40 bits per heavy atom. The number of para-hydroxylation sites is 1. The van der Waals surface area contributed by atoms with Crippen molar-refractivity contribution in [2.75, 3.05) is 4.90 Å². The quantitative estimate of drug-likeness (QED) is 0.354. The van der Waals surface area contributed by atoms with Crippen LogP contribution in [0, 0.1) is 6.92 Å². The largest absolute Gasteiger partial charge is 0.310 e. The zero-order chi connectivity index (χ0) is 17.2. The number of nitrogens with zero attached hydrogens (tertiary/aromatic N) is 1. The van der Waals surface area contributed by atoms with E-state index in [2.05, 4.69) is 119 Å². The minimum atomic E-state index is 1.13. The van der Waals surface area contributed by atoms with Crippen molar-refractivity contribution in [2.24, 2.45) is 0 Å². The first-order valence-electron chi connectivity index (χ1n) is 8.33. The summed E-state index contributed by atoms with van der Waals surface area (Å²) in [5, 5.41) is 2.49. The maximum absolute atomic E-state index is 3.61. The van der Waals surface area contributed by atoms with Gasteiger partial charge in [0.05, 0.1) is 5.69 Å². The van der Waals surface area contributed by atoms with Gasteiger partial charge in [0.1, 0.15) is 0 Å². The van der Waals surface area contributed by atoms with Gasteiger partial charge in [-0.25, -0.2) is 0 Å². The van der Waals surface area contributed by atoms with Crippen LogP contribution in [0.2, 0.25) is 0 Å². The zero-order valence-corrected chi connectivity index (χ0v) is 15.6. The summed E-state index contributed by atoms with van der Waals surface area (Å²) < 4.78 is 1.13. The summed E-state index contributed by atoms with van der Waals surface area (Å²) in [5.74, 6) is 0. The van der Waals surface area contributed by atoms with E-state index in [0.717, 1.165) is 15.8 Å². The van der Waals surface area contributed by atoms with Crippen LogP contribution in [-0.2, 0) is 0 Å². The molecule has 0 unspecified atom stereocenters. The lowest BCUT2D eigenvalue weighted by Gasteiger charge is -2.27. The summed E-state index contributed by atoms with van der Waals surface area (Å²) in [4.78, 5) is 2.32. The molecule has 0 aliphatic rings. The van der Waals surface area contributed by atoms with Crippen LogP contribution in [0.1, 0.15) is 5.56 Å². The summed E-state index contributed by atoms with van der Waals surface area (Å²) in [5.41, 5.74) is 4.72. The van der Waals surface area contributed by atoms with Crippen molar-refractivity contribution in [2.45, 2.75) is 6.92 Å². The molecule has 4 aromatic carbocycles. The first-order chi connectivity index (χ1) is 12.2. The van der Waals surface area contributed by atoms with Gasteiger partial charge in [-0.1, -0.05) is 70.5 Å². The number of rotatable bonds is 3. The van der Waals surface area contributed by atoms with Crippen LogP contribution in [0.25, 0.3) is 10.8 Å². The molecule has 4 aromatic rings. The molecule has 0 N–H and O–H groups in total. The molecule has 4 rings (SSSR count). The summed E-state index contributed by atoms with van der Waals surface area (Å²) in [6.07, 6.45) is 0. The third kappa shape index (κ3) is 3.06. The second kappa shape index (κ2) is 6.73. The Kier molecular flexibility index (Phi) is 4.29. The van der Waals surface area contributed by atoms with E-state index in [1.54, 1.807) is 0 Å². The summed E-state index contributed by atoms with van der Waals surface area (Å²) >= 11 is 3.61. The lowest BCUT2D eigenvalue weighted by atomic mass is 10.1. The van der Waals surface area contributed by atoms with Crippen molar-refractivity contribution in [1.29, 1.82) is 0 Å². The normalized spacial score (nSPS) is 10.8. The van der Waals surface area contributed by atoms with E-state index in [9.17, 15) is 0 Å². The highest BCUT2D eigenvalue weighted by Gasteiger charge is 2.15. The first kappa shape index (κ1) is 15.9. The number of aryl methyl sites for hydroxylation is 1. The second-order valence-corrected chi connectivity index (χ2v) is 6.96. The Balaban J connectivity index is 1.99. The molecule has 0 radical (unpaired) electrons. The molecule has 0 atom stereocenters. The minimum Gasteiger partial charge on any atom is -0.310 e. The fourth-order valence-electron chi connectivity index (χ4n) is 3.18. The fourth-order valence-corrected chi connectivity index (χ4v) is 3.42. The van der Waals surface area contributed by atoms with Crippen molar-refractivity contribution in [1.82, 2.24) is 0 Å². The molecule has 0 heterocycles. The maximum Gasteiger partial charge on any atom is 0.0540 e. The van der Waals surface area contributed by atoms with Crippen LogP contribution in [-0.4, -0.2) is 0 Å². The molecule has 0 aromatic heterocycles.